The van der Waals surface area contributed by atoms with Gasteiger partial charge < -0.3 is 0 Å². The number of aryl methyl sites for hydroxylation is 1. The van der Waals surface area contributed by atoms with E-state index in [4.69, 9.17) is 0 Å². The van der Waals surface area contributed by atoms with Gasteiger partial charge in [-0.3, -0.25) is 0 Å². The summed E-state index contributed by atoms with van der Waals surface area (Å²) in [5.74, 6) is 0. The molecule has 1 aromatic rings. The monoisotopic (exact) mass is 280 g/mol. The predicted molar refractivity (Wildman–Crippen MR) is 54.9 cm³/mol. The zero-order valence-electron chi connectivity index (χ0n) is 5.40. The maximum atomic E-state index is 3.31. The molecule has 0 aliphatic carbocycles. The van der Waals surface area contributed by atoms with Gasteiger partial charge in [-0.15, -0.1) is 11.3 Å². The van der Waals surface area contributed by atoms with Crippen molar-refractivity contribution in [2.45, 2.75) is 6.92 Å². The second-order valence-corrected chi connectivity index (χ2v) is 5.62. The van der Waals surface area contributed by atoms with Crippen LogP contribution < -0.4 is 0 Å². The molecule has 1 aromatic heterocycles. The molecule has 10 heavy (non-hydrogen) atoms. The van der Waals surface area contributed by atoms with Gasteiger partial charge in [-0.1, -0.05) is 0 Å². The van der Waals surface area contributed by atoms with E-state index in [0.29, 0.717) is 0 Å². The van der Waals surface area contributed by atoms with E-state index >= 15 is 0 Å². The van der Waals surface area contributed by atoms with Crippen molar-refractivity contribution in [2.24, 2.45) is 0 Å². The van der Waals surface area contributed by atoms with Crippen LogP contribution in [0.1, 0.15) is 10.4 Å². The van der Waals surface area contributed by atoms with Crippen molar-refractivity contribution in [1.29, 1.82) is 0 Å². The molecule has 0 atom stereocenters. The Balaban J connectivity index is 2.95. The summed E-state index contributed by atoms with van der Waals surface area (Å²) >= 11 is 8.37. The second kappa shape index (κ2) is 3.69. The molecule has 0 nitrogen and oxygen atoms in total. The lowest BCUT2D eigenvalue weighted by Crippen LogP contribution is -1.65. The third kappa shape index (κ3) is 2.22. The van der Waals surface area contributed by atoms with E-state index in [1.165, 1.54) is 10.4 Å². The van der Waals surface area contributed by atoms with Gasteiger partial charge >= 0.3 is 0 Å². The maximum Gasteiger partial charge on any atom is 0.0618 e. The highest BCUT2D eigenvalue weighted by Gasteiger charge is 1.94. The minimum Gasteiger partial charge on any atom is -0.144 e. The van der Waals surface area contributed by atoms with Crippen LogP contribution in [0.4, 0.5) is 0 Å². The molecule has 0 aromatic carbocycles. The van der Waals surface area contributed by atoms with Crippen molar-refractivity contribution in [3.8, 4) is 0 Å². The number of thiophene rings is 1. The average Bonchev–Trinajstić information content (AvgIpc) is 2.15. The molecule has 54 valence electrons. The molecular weight excluding hydrogens is 276 g/mol. The summed E-state index contributed by atoms with van der Waals surface area (Å²) in [5, 5.41) is 2.09. The van der Waals surface area contributed by atoms with Crippen molar-refractivity contribution in [1.82, 2.24) is 0 Å². The molecule has 0 saturated heterocycles. The first-order valence-corrected chi connectivity index (χ1v) is 5.23. The summed E-state index contributed by atoms with van der Waals surface area (Å²) in [6.45, 7) is 2.10. The van der Waals surface area contributed by atoms with Gasteiger partial charge in [0.25, 0.3) is 0 Å². The number of hydrogen-bond donors (Lipinski definition) is 0. The Bertz CT molecular complexity index is 246. The highest BCUT2D eigenvalue weighted by molar-refractivity contribution is 9.28. The fourth-order valence-electron chi connectivity index (χ4n) is 0.631. The summed E-state index contributed by atoms with van der Waals surface area (Å²) in [6.07, 6.45) is 2.06. The van der Waals surface area contributed by atoms with E-state index in [1.54, 1.807) is 11.3 Å². The summed E-state index contributed by atoms with van der Waals surface area (Å²) in [7, 11) is 0. The van der Waals surface area contributed by atoms with Crippen molar-refractivity contribution in [3.05, 3.63) is 25.3 Å². The first-order chi connectivity index (χ1) is 4.70. The maximum absolute atomic E-state index is 3.31. The molecule has 0 bridgehead atoms. The minimum absolute atomic E-state index is 0.991. The number of halogens is 2. The van der Waals surface area contributed by atoms with Gasteiger partial charge in [-0.2, -0.15) is 0 Å². The van der Waals surface area contributed by atoms with Gasteiger partial charge in [0, 0.05) is 4.88 Å². The quantitative estimate of drug-likeness (QED) is 0.726. The summed E-state index contributed by atoms with van der Waals surface area (Å²) in [4.78, 5) is 1.30. The average molecular weight is 282 g/mol. The van der Waals surface area contributed by atoms with Gasteiger partial charge in [0.1, 0.15) is 0 Å². The first-order valence-electron chi connectivity index (χ1n) is 2.77. The smallest absolute Gasteiger partial charge is 0.0618 e. The van der Waals surface area contributed by atoms with E-state index in [2.05, 4.69) is 56.3 Å². The van der Waals surface area contributed by atoms with Crippen LogP contribution >= 0.6 is 43.2 Å². The lowest BCUT2D eigenvalue weighted by molar-refractivity contribution is 1.54. The zero-order valence-corrected chi connectivity index (χ0v) is 9.38. The molecule has 0 radical (unpaired) electrons. The molecular formula is C7H6Br2S. The van der Waals surface area contributed by atoms with Crippen LogP contribution in [0.25, 0.3) is 6.08 Å². The SMILES string of the molecule is Cc1ccsc1C=C(Br)Br. The molecule has 1 rings (SSSR count). The molecule has 0 amide bonds. The molecule has 0 fully saturated rings. The molecule has 0 aliphatic heterocycles. The van der Waals surface area contributed by atoms with E-state index < -0.39 is 0 Å². The normalized spacial score (nSPS) is 9.50. The van der Waals surface area contributed by atoms with E-state index in [-0.39, 0.29) is 0 Å². The van der Waals surface area contributed by atoms with Crippen molar-refractivity contribution >= 4 is 49.3 Å². The molecule has 0 aliphatic rings. The third-order valence-corrected chi connectivity index (χ3v) is 2.57. The van der Waals surface area contributed by atoms with Gasteiger partial charge in [0.2, 0.25) is 0 Å². The standard InChI is InChI=1S/C7H6Br2S/c1-5-2-3-10-6(5)4-7(8)9/h2-4H,1H3. The highest BCUT2D eigenvalue weighted by atomic mass is 79.9. The Labute approximate surface area is 81.2 Å². The van der Waals surface area contributed by atoms with Gasteiger partial charge in [-0.05, 0) is 61.9 Å². The van der Waals surface area contributed by atoms with Crippen molar-refractivity contribution in [3.63, 3.8) is 0 Å². The molecule has 0 saturated carbocycles. The Hall–Kier alpha value is 0.400. The van der Waals surface area contributed by atoms with Gasteiger partial charge in [0.05, 0.1) is 3.39 Å². The molecule has 3 heteroatoms. The van der Waals surface area contributed by atoms with E-state index in [1.807, 2.05) is 0 Å². The summed E-state index contributed by atoms with van der Waals surface area (Å²) in [5.41, 5.74) is 1.32. The number of hydrogen-bond acceptors (Lipinski definition) is 1. The predicted octanol–water partition coefficient (Wildman–Crippen LogP) is 4.14. The molecule has 0 unspecified atom stereocenters. The van der Waals surface area contributed by atoms with Crippen LogP contribution in [0.15, 0.2) is 14.8 Å². The van der Waals surface area contributed by atoms with Crippen molar-refractivity contribution in [2.75, 3.05) is 0 Å². The van der Waals surface area contributed by atoms with Crippen molar-refractivity contribution < 1.29 is 0 Å². The fraction of sp³-hybridized carbons (Fsp3) is 0.143. The van der Waals surface area contributed by atoms with E-state index in [9.17, 15) is 0 Å². The van der Waals surface area contributed by atoms with Crippen LogP contribution in [0, 0.1) is 6.92 Å². The Morgan fingerprint density at radius 1 is 1.60 bits per heavy atom. The van der Waals surface area contributed by atoms with Crippen LogP contribution in [-0.2, 0) is 0 Å². The Morgan fingerprint density at radius 3 is 2.70 bits per heavy atom. The van der Waals surface area contributed by atoms with Gasteiger partial charge in [0.15, 0.2) is 0 Å². The zero-order chi connectivity index (χ0) is 7.56. The van der Waals surface area contributed by atoms with E-state index in [0.717, 1.165) is 3.39 Å². The molecule has 0 N–H and O–H groups in total. The second-order valence-electron chi connectivity index (χ2n) is 1.90. The number of rotatable bonds is 1. The molecule has 0 spiro atoms. The van der Waals surface area contributed by atoms with Crippen LogP contribution in [0.2, 0.25) is 0 Å². The summed E-state index contributed by atoms with van der Waals surface area (Å²) in [6, 6.07) is 2.11. The molecule has 1 heterocycles. The largest absolute Gasteiger partial charge is 0.144 e. The summed E-state index contributed by atoms with van der Waals surface area (Å²) < 4.78 is 0.991. The van der Waals surface area contributed by atoms with Crippen LogP contribution in [0.5, 0.6) is 0 Å². The lowest BCUT2D eigenvalue weighted by Gasteiger charge is -1.87. The van der Waals surface area contributed by atoms with Gasteiger partial charge in [-0.25, -0.2) is 0 Å². The highest BCUT2D eigenvalue weighted by Crippen LogP contribution is 2.23. The fourth-order valence-corrected chi connectivity index (χ4v) is 2.25. The topological polar surface area (TPSA) is 0 Å². The Morgan fingerprint density at radius 2 is 2.30 bits per heavy atom. The minimum atomic E-state index is 0.991. The third-order valence-electron chi connectivity index (χ3n) is 1.14. The lowest BCUT2D eigenvalue weighted by atomic mass is 10.3. The Kier molecular flexibility index (Phi) is 3.14. The van der Waals surface area contributed by atoms with Crippen LogP contribution in [0.3, 0.4) is 0 Å². The first kappa shape index (κ1) is 8.50. The van der Waals surface area contributed by atoms with Crippen LogP contribution in [-0.4, -0.2) is 0 Å².